The summed E-state index contributed by atoms with van der Waals surface area (Å²) < 4.78 is 12.9. The van der Waals surface area contributed by atoms with Crippen LogP contribution < -0.4 is 16.2 Å². The molecule has 3 N–H and O–H groups in total. The van der Waals surface area contributed by atoms with Crippen LogP contribution in [0.5, 0.6) is 0 Å². The molecule has 0 radical (unpaired) electrons. The molecule has 1 heterocycles. The number of nitrogens with two attached hydrogens (primary N) is 1. The third kappa shape index (κ3) is 2.95. The first-order chi connectivity index (χ1) is 8.66. The van der Waals surface area contributed by atoms with E-state index in [1.807, 2.05) is 24.3 Å². The van der Waals surface area contributed by atoms with E-state index < -0.39 is 5.95 Å². The van der Waals surface area contributed by atoms with Gasteiger partial charge in [0.15, 0.2) is 0 Å². The van der Waals surface area contributed by atoms with Gasteiger partial charge < -0.3 is 10.3 Å². The number of hydrogen-bond donors (Lipinski definition) is 2. The van der Waals surface area contributed by atoms with E-state index in [1.54, 1.807) is 19.2 Å². The Kier molecular flexibility index (Phi) is 3.74. The summed E-state index contributed by atoms with van der Waals surface area (Å²) >= 11 is 0. The minimum absolute atomic E-state index is 0.447. The molecule has 2 aromatic rings. The van der Waals surface area contributed by atoms with E-state index in [1.165, 1.54) is 11.1 Å². The number of hydrogen-bond acceptors (Lipinski definition) is 4. The molecule has 0 saturated heterocycles. The van der Waals surface area contributed by atoms with E-state index >= 15 is 0 Å². The predicted molar refractivity (Wildman–Crippen MR) is 70.6 cm³/mol. The molecule has 0 aliphatic heterocycles. The first-order valence-electron chi connectivity index (χ1n) is 5.59. The van der Waals surface area contributed by atoms with Crippen molar-refractivity contribution < 1.29 is 4.39 Å². The number of nitrogens with one attached hydrogen (secondary N) is 1. The summed E-state index contributed by atoms with van der Waals surface area (Å²) in [6, 6.07) is 12.4. The topological polar surface area (TPSA) is 54.2 Å². The van der Waals surface area contributed by atoms with Crippen LogP contribution in [0.25, 0.3) is 0 Å². The van der Waals surface area contributed by atoms with E-state index in [2.05, 4.69) is 10.3 Å². The first-order valence-corrected chi connectivity index (χ1v) is 5.59. The summed E-state index contributed by atoms with van der Waals surface area (Å²) in [5, 5.41) is 4.72. The van der Waals surface area contributed by atoms with Crippen LogP contribution in [0, 0.1) is 5.95 Å². The third-order valence-corrected chi connectivity index (χ3v) is 2.52. The van der Waals surface area contributed by atoms with Gasteiger partial charge in [-0.2, -0.15) is 4.39 Å². The van der Waals surface area contributed by atoms with Gasteiger partial charge in [-0.15, -0.1) is 0 Å². The van der Waals surface area contributed by atoms with Crippen LogP contribution in [0.15, 0.2) is 42.5 Å². The van der Waals surface area contributed by atoms with Crippen LogP contribution in [-0.4, -0.2) is 12.0 Å². The van der Waals surface area contributed by atoms with Crippen molar-refractivity contribution in [3.63, 3.8) is 0 Å². The lowest BCUT2D eigenvalue weighted by molar-refractivity contribution is 0.578. The Morgan fingerprint density at radius 1 is 1.22 bits per heavy atom. The zero-order chi connectivity index (χ0) is 13.0. The second kappa shape index (κ2) is 5.46. The van der Waals surface area contributed by atoms with Crippen molar-refractivity contribution in [2.45, 2.75) is 6.54 Å². The van der Waals surface area contributed by atoms with Crippen molar-refractivity contribution >= 4 is 11.4 Å². The van der Waals surface area contributed by atoms with E-state index in [0.29, 0.717) is 12.2 Å². The lowest BCUT2D eigenvalue weighted by Crippen LogP contribution is -2.26. The van der Waals surface area contributed by atoms with Crippen molar-refractivity contribution in [3.05, 3.63) is 54.1 Å². The van der Waals surface area contributed by atoms with Gasteiger partial charge in [-0.3, -0.25) is 0 Å². The molecule has 0 aliphatic rings. The molecule has 0 aliphatic carbocycles. The molecule has 0 unspecified atom stereocenters. The van der Waals surface area contributed by atoms with Gasteiger partial charge in [0.25, 0.3) is 0 Å². The molecule has 0 fully saturated rings. The van der Waals surface area contributed by atoms with Gasteiger partial charge in [0.05, 0.1) is 23.6 Å². The highest BCUT2D eigenvalue weighted by molar-refractivity contribution is 5.68. The van der Waals surface area contributed by atoms with Gasteiger partial charge in [-0.25, -0.2) is 10.8 Å². The number of aromatic nitrogens is 1. The second-order valence-electron chi connectivity index (χ2n) is 3.93. The lowest BCUT2D eigenvalue weighted by atomic mass is 10.2. The summed E-state index contributed by atoms with van der Waals surface area (Å²) in [5.41, 5.74) is 2.40. The molecule has 1 aromatic heterocycles. The molecular weight excluding hydrogens is 231 g/mol. The molecule has 0 saturated carbocycles. The molecule has 0 atom stereocenters. The maximum atomic E-state index is 12.9. The van der Waals surface area contributed by atoms with Gasteiger partial charge in [-0.1, -0.05) is 18.2 Å². The summed E-state index contributed by atoms with van der Waals surface area (Å²) in [6.07, 6.45) is 0. The smallest absolute Gasteiger partial charge is 0.213 e. The Hall–Kier alpha value is -2.14. The Bertz CT molecular complexity index is 528. The largest absolute Gasteiger partial charge is 0.378 e. The van der Waals surface area contributed by atoms with Crippen molar-refractivity contribution in [1.82, 2.24) is 4.98 Å². The van der Waals surface area contributed by atoms with Gasteiger partial charge in [0.2, 0.25) is 5.95 Å². The van der Waals surface area contributed by atoms with Crippen LogP contribution in [0.2, 0.25) is 0 Å². The molecule has 0 bridgehead atoms. The monoisotopic (exact) mass is 246 g/mol. The molecule has 5 heteroatoms. The molecule has 18 heavy (non-hydrogen) atoms. The highest BCUT2D eigenvalue weighted by Crippen LogP contribution is 2.22. The molecule has 0 amide bonds. The molecule has 1 aromatic carbocycles. The van der Waals surface area contributed by atoms with Gasteiger partial charge in [0, 0.05) is 7.05 Å². The summed E-state index contributed by atoms with van der Waals surface area (Å²) in [7, 11) is 1.76. The SMILES string of the molecule is CN(N)c1ccccc1NCc1cccc(F)n1. The number of benzene rings is 1. The van der Waals surface area contributed by atoms with Crippen molar-refractivity contribution in [2.24, 2.45) is 5.84 Å². The van der Waals surface area contributed by atoms with Crippen molar-refractivity contribution in [3.8, 4) is 0 Å². The number of hydrazine groups is 1. The Labute approximate surface area is 105 Å². The fourth-order valence-corrected chi connectivity index (χ4v) is 1.67. The molecular formula is C13H15FN4. The lowest BCUT2D eigenvalue weighted by Gasteiger charge is -2.17. The van der Waals surface area contributed by atoms with Crippen molar-refractivity contribution in [1.29, 1.82) is 0 Å². The van der Waals surface area contributed by atoms with E-state index in [-0.39, 0.29) is 0 Å². The minimum atomic E-state index is -0.474. The van der Waals surface area contributed by atoms with Crippen LogP contribution in [-0.2, 0) is 6.54 Å². The van der Waals surface area contributed by atoms with Crippen molar-refractivity contribution in [2.75, 3.05) is 17.4 Å². The maximum absolute atomic E-state index is 12.9. The standard InChI is InChI=1S/C13H15FN4/c1-18(15)12-7-3-2-6-11(12)16-9-10-5-4-8-13(14)17-10/h2-8,16H,9,15H2,1H3. The molecule has 94 valence electrons. The fourth-order valence-electron chi connectivity index (χ4n) is 1.67. The van der Waals surface area contributed by atoms with E-state index in [9.17, 15) is 4.39 Å². The number of halogens is 1. The number of rotatable bonds is 4. The van der Waals surface area contributed by atoms with Gasteiger partial charge in [0.1, 0.15) is 0 Å². The number of pyridine rings is 1. The van der Waals surface area contributed by atoms with Gasteiger partial charge >= 0.3 is 0 Å². The highest BCUT2D eigenvalue weighted by atomic mass is 19.1. The van der Waals surface area contributed by atoms with Crippen LogP contribution >= 0.6 is 0 Å². The number of para-hydroxylation sites is 2. The molecule has 4 nitrogen and oxygen atoms in total. The highest BCUT2D eigenvalue weighted by Gasteiger charge is 2.04. The fraction of sp³-hybridized carbons (Fsp3) is 0.154. The van der Waals surface area contributed by atoms with Crippen LogP contribution in [0.3, 0.4) is 0 Å². The normalized spacial score (nSPS) is 10.2. The maximum Gasteiger partial charge on any atom is 0.213 e. The predicted octanol–water partition coefficient (Wildman–Crippen LogP) is 2.14. The Morgan fingerprint density at radius 2 is 2.00 bits per heavy atom. The quantitative estimate of drug-likeness (QED) is 0.493. The second-order valence-corrected chi connectivity index (χ2v) is 3.93. The van der Waals surface area contributed by atoms with E-state index in [4.69, 9.17) is 5.84 Å². The average molecular weight is 246 g/mol. The summed E-state index contributed by atoms with van der Waals surface area (Å²) in [6.45, 7) is 0.447. The van der Waals surface area contributed by atoms with Crippen LogP contribution in [0.4, 0.5) is 15.8 Å². The zero-order valence-electron chi connectivity index (χ0n) is 10.1. The molecule has 2 rings (SSSR count). The Balaban J connectivity index is 2.11. The zero-order valence-corrected chi connectivity index (χ0v) is 10.1. The van der Waals surface area contributed by atoms with Crippen LogP contribution in [0.1, 0.15) is 5.69 Å². The Morgan fingerprint density at radius 3 is 2.72 bits per heavy atom. The molecule has 0 spiro atoms. The number of anilines is 2. The summed E-state index contributed by atoms with van der Waals surface area (Å²) in [4.78, 5) is 3.79. The number of nitrogens with zero attached hydrogens (tertiary/aromatic N) is 2. The average Bonchev–Trinajstić information content (AvgIpc) is 2.37. The van der Waals surface area contributed by atoms with E-state index in [0.717, 1.165) is 11.4 Å². The van der Waals surface area contributed by atoms with Gasteiger partial charge in [-0.05, 0) is 24.3 Å². The summed E-state index contributed by atoms with van der Waals surface area (Å²) in [5.74, 6) is 5.25. The third-order valence-electron chi connectivity index (χ3n) is 2.52. The minimum Gasteiger partial charge on any atom is -0.378 e. The first kappa shape index (κ1) is 12.3.